The molecule has 1 amide bonds. The molecule has 0 radical (unpaired) electrons. The second-order valence-corrected chi connectivity index (χ2v) is 5.88. The van der Waals surface area contributed by atoms with Gasteiger partial charge in [0.2, 0.25) is 0 Å². The minimum atomic E-state index is -1.06. The van der Waals surface area contributed by atoms with Gasteiger partial charge in [-0.05, 0) is 5.41 Å². The fourth-order valence-electron chi connectivity index (χ4n) is 1.36. The molecule has 0 aliphatic heterocycles. The quantitative estimate of drug-likeness (QED) is 0.752. The fraction of sp³-hybridized carbons (Fsp3) is 0.545. The van der Waals surface area contributed by atoms with E-state index in [-0.39, 0.29) is 12.2 Å². The first kappa shape index (κ1) is 14.6. The van der Waals surface area contributed by atoms with E-state index in [9.17, 15) is 9.59 Å². The van der Waals surface area contributed by atoms with Crippen LogP contribution in [0, 0.1) is 5.41 Å². The van der Waals surface area contributed by atoms with Crippen molar-refractivity contribution >= 4 is 23.2 Å². The number of nitrogens with zero attached hydrogens (tertiary/aromatic N) is 1. The van der Waals surface area contributed by atoms with Crippen molar-refractivity contribution < 1.29 is 14.7 Å². The van der Waals surface area contributed by atoms with Gasteiger partial charge in [-0.2, -0.15) is 0 Å². The zero-order valence-corrected chi connectivity index (χ0v) is 11.4. The third-order valence-corrected chi connectivity index (χ3v) is 3.22. The standard InChI is InChI=1S/C11H17N3O3S/c1-11(2,3)8(10(16)17)14-9(15)6-5-18-7(4-12)13-6/h5,8H,4,12H2,1-3H3,(H,14,15)(H,16,17). The van der Waals surface area contributed by atoms with Crippen molar-refractivity contribution in [3.05, 3.63) is 16.1 Å². The van der Waals surface area contributed by atoms with Crippen LogP contribution in [0.2, 0.25) is 0 Å². The lowest BCUT2D eigenvalue weighted by atomic mass is 9.87. The van der Waals surface area contributed by atoms with Gasteiger partial charge in [-0.25, -0.2) is 9.78 Å². The average Bonchev–Trinajstić information content (AvgIpc) is 2.71. The van der Waals surface area contributed by atoms with Crippen molar-refractivity contribution in [1.29, 1.82) is 0 Å². The van der Waals surface area contributed by atoms with Crippen LogP contribution in [0.1, 0.15) is 36.3 Å². The maximum atomic E-state index is 11.9. The Morgan fingerprint density at radius 2 is 2.17 bits per heavy atom. The highest BCUT2D eigenvalue weighted by atomic mass is 32.1. The number of hydrogen-bond acceptors (Lipinski definition) is 5. The van der Waals surface area contributed by atoms with Crippen molar-refractivity contribution in [2.45, 2.75) is 33.4 Å². The summed E-state index contributed by atoms with van der Waals surface area (Å²) in [7, 11) is 0. The van der Waals surface area contributed by atoms with E-state index in [1.807, 2.05) is 0 Å². The maximum absolute atomic E-state index is 11.9. The van der Waals surface area contributed by atoms with Crippen molar-refractivity contribution in [1.82, 2.24) is 10.3 Å². The summed E-state index contributed by atoms with van der Waals surface area (Å²) in [5.74, 6) is -1.56. The third kappa shape index (κ3) is 3.51. The molecule has 0 saturated carbocycles. The van der Waals surface area contributed by atoms with Crippen molar-refractivity contribution in [2.75, 3.05) is 0 Å². The minimum absolute atomic E-state index is 0.205. The van der Waals surface area contributed by atoms with E-state index < -0.39 is 23.3 Å². The number of aromatic nitrogens is 1. The summed E-state index contributed by atoms with van der Waals surface area (Å²) in [6, 6.07) is -0.965. The lowest BCUT2D eigenvalue weighted by Crippen LogP contribution is -2.49. The summed E-state index contributed by atoms with van der Waals surface area (Å²) in [5, 5.41) is 13.8. The summed E-state index contributed by atoms with van der Waals surface area (Å²) < 4.78 is 0. The maximum Gasteiger partial charge on any atom is 0.326 e. The molecule has 0 aliphatic rings. The SMILES string of the molecule is CC(C)(C)C(NC(=O)c1csc(CN)n1)C(=O)O. The first-order valence-electron chi connectivity index (χ1n) is 5.44. The molecular formula is C11H17N3O3S. The molecular weight excluding hydrogens is 254 g/mol. The Bertz CT molecular complexity index is 451. The first-order chi connectivity index (χ1) is 8.25. The Labute approximate surface area is 109 Å². The third-order valence-electron chi connectivity index (χ3n) is 2.35. The zero-order valence-electron chi connectivity index (χ0n) is 10.6. The number of carbonyl (C=O) groups is 2. The molecule has 1 unspecified atom stereocenters. The van der Waals surface area contributed by atoms with E-state index in [0.29, 0.717) is 5.01 Å². The molecule has 0 aliphatic carbocycles. The highest BCUT2D eigenvalue weighted by molar-refractivity contribution is 7.09. The normalized spacial score (nSPS) is 13.1. The smallest absolute Gasteiger partial charge is 0.326 e. The number of carbonyl (C=O) groups excluding carboxylic acids is 1. The molecule has 1 atom stereocenters. The topological polar surface area (TPSA) is 105 Å². The van der Waals surface area contributed by atoms with Crippen LogP contribution in [0.4, 0.5) is 0 Å². The highest BCUT2D eigenvalue weighted by Crippen LogP contribution is 2.20. The van der Waals surface area contributed by atoms with Crippen LogP contribution in [-0.2, 0) is 11.3 Å². The lowest BCUT2D eigenvalue weighted by Gasteiger charge is -2.27. The summed E-state index contributed by atoms with van der Waals surface area (Å²) in [6.07, 6.45) is 0. The minimum Gasteiger partial charge on any atom is -0.480 e. The summed E-state index contributed by atoms with van der Waals surface area (Å²) in [4.78, 5) is 27.0. The van der Waals surface area contributed by atoms with E-state index >= 15 is 0 Å². The first-order valence-corrected chi connectivity index (χ1v) is 6.32. The van der Waals surface area contributed by atoms with Crippen LogP contribution < -0.4 is 11.1 Å². The molecule has 1 aromatic heterocycles. The van der Waals surface area contributed by atoms with Gasteiger partial charge in [-0.15, -0.1) is 11.3 Å². The van der Waals surface area contributed by atoms with Gasteiger partial charge in [0.1, 0.15) is 16.7 Å². The van der Waals surface area contributed by atoms with Gasteiger partial charge in [-0.1, -0.05) is 20.8 Å². The monoisotopic (exact) mass is 271 g/mol. The second-order valence-electron chi connectivity index (χ2n) is 4.94. The molecule has 0 spiro atoms. The lowest BCUT2D eigenvalue weighted by molar-refractivity contribution is -0.142. The highest BCUT2D eigenvalue weighted by Gasteiger charge is 2.33. The Morgan fingerprint density at radius 3 is 2.56 bits per heavy atom. The van der Waals surface area contributed by atoms with E-state index in [2.05, 4.69) is 10.3 Å². The number of rotatable bonds is 4. The molecule has 1 heterocycles. The van der Waals surface area contributed by atoms with Crippen LogP contribution in [0.15, 0.2) is 5.38 Å². The number of thiazole rings is 1. The summed E-state index contributed by atoms with van der Waals surface area (Å²) >= 11 is 1.28. The number of nitrogens with one attached hydrogen (secondary N) is 1. The predicted molar refractivity (Wildman–Crippen MR) is 68.4 cm³/mol. The van der Waals surface area contributed by atoms with E-state index in [1.54, 1.807) is 26.2 Å². The molecule has 0 bridgehead atoms. The Balaban J connectivity index is 2.82. The largest absolute Gasteiger partial charge is 0.480 e. The van der Waals surface area contributed by atoms with Gasteiger partial charge in [0.05, 0.1) is 0 Å². The molecule has 4 N–H and O–H groups in total. The van der Waals surface area contributed by atoms with E-state index in [4.69, 9.17) is 10.8 Å². The van der Waals surface area contributed by atoms with Gasteiger partial charge in [0.25, 0.3) is 5.91 Å². The molecule has 100 valence electrons. The zero-order chi connectivity index (χ0) is 13.9. The number of carboxylic acid groups (broad SMARTS) is 1. The molecule has 6 nitrogen and oxygen atoms in total. The Morgan fingerprint density at radius 1 is 1.56 bits per heavy atom. The number of amides is 1. The van der Waals surface area contributed by atoms with E-state index in [1.165, 1.54) is 11.3 Å². The molecule has 0 aromatic carbocycles. The summed E-state index contributed by atoms with van der Waals surface area (Å²) in [5.41, 5.74) is 5.03. The molecule has 1 aromatic rings. The van der Waals surface area contributed by atoms with Crippen LogP contribution in [0.3, 0.4) is 0 Å². The van der Waals surface area contributed by atoms with Crippen LogP contribution >= 0.6 is 11.3 Å². The van der Waals surface area contributed by atoms with Crippen molar-refractivity contribution in [3.8, 4) is 0 Å². The second kappa shape index (κ2) is 5.45. The average molecular weight is 271 g/mol. The van der Waals surface area contributed by atoms with Gasteiger partial charge < -0.3 is 16.2 Å². The molecule has 0 saturated heterocycles. The molecule has 18 heavy (non-hydrogen) atoms. The molecule has 1 rings (SSSR count). The fourth-order valence-corrected chi connectivity index (χ4v) is 2.02. The van der Waals surface area contributed by atoms with E-state index in [0.717, 1.165) is 0 Å². The van der Waals surface area contributed by atoms with Crippen LogP contribution in [0.5, 0.6) is 0 Å². The van der Waals surface area contributed by atoms with Gasteiger partial charge >= 0.3 is 5.97 Å². The van der Waals surface area contributed by atoms with Crippen LogP contribution in [0.25, 0.3) is 0 Å². The Kier molecular flexibility index (Phi) is 4.42. The summed E-state index contributed by atoms with van der Waals surface area (Å²) in [6.45, 7) is 5.51. The van der Waals surface area contributed by atoms with Gasteiger partial charge in [-0.3, -0.25) is 4.79 Å². The van der Waals surface area contributed by atoms with Crippen molar-refractivity contribution in [2.24, 2.45) is 11.1 Å². The predicted octanol–water partition coefficient (Wildman–Crippen LogP) is 0.831. The van der Waals surface area contributed by atoms with Crippen molar-refractivity contribution in [3.63, 3.8) is 0 Å². The molecule has 0 fully saturated rings. The number of hydrogen-bond donors (Lipinski definition) is 3. The number of aliphatic carboxylic acids is 1. The Hall–Kier alpha value is -1.47. The van der Waals surface area contributed by atoms with Gasteiger partial charge in [0.15, 0.2) is 0 Å². The van der Waals surface area contributed by atoms with Crippen LogP contribution in [-0.4, -0.2) is 28.0 Å². The number of nitrogens with two attached hydrogens (primary N) is 1. The number of carboxylic acids is 1. The molecule has 7 heteroatoms. The van der Waals surface area contributed by atoms with Gasteiger partial charge in [0, 0.05) is 11.9 Å².